The summed E-state index contributed by atoms with van der Waals surface area (Å²) in [4.78, 5) is 16.0. The van der Waals surface area contributed by atoms with Crippen molar-refractivity contribution >= 4 is 5.91 Å². The number of rotatable bonds is 6. The predicted octanol–water partition coefficient (Wildman–Crippen LogP) is 0.480. The number of aromatic nitrogens is 2. The molecule has 1 aromatic rings. The summed E-state index contributed by atoms with van der Waals surface area (Å²) in [5.41, 5.74) is 0. The molecule has 1 atom stereocenters. The molecule has 0 saturated heterocycles. The van der Waals surface area contributed by atoms with Gasteiger partial charge < -0.3 is 9.88 Å². The molecule has 0 aliphatic carbocycles. The number of hydrogen-bond donors (Lipinski definition) is 2. The van der Waals surface area contributed by atoms with E-state index in [2.05, 4.69) is 27.1 Å². The summed E-state index contributed by atoms with van der Waals surface area (Å²) in [6, 6.07) is -0.149. The average molecular weight is 248 g/mol. The Bertz CT molecular complexity index is 424. The van der Waals surface area contributed by atoms with Gasteiger partial charge in [-0.3, -0.25) is 10.1 Å². The molecule has 0 saturated carbocycles. The third-order valence-corrected chi connectivity index (χ3v) is 3.06. The highest BCUT2D eigenvalue weighted by Crippen LogP contribution is 2.00. The second kappa shape index (κ2) is 6.35. The fourth-order valence-electron chi connectivity index (χ4n) is 2.08. The van der Waals surface area contributed by atoms with E-state index >= 15 is 0 Å². The molecule has 1 amide bonds. The first-order valence-electron chi connectivity index (χ1n) is 6.49. The minimum atomic E-state index is -0.149. The summed E-state index contributed by atoms with van der Waals surface area (Å²) in [7, 11) is 0. The first-order valence-corrected chi connectivity index (χ1v) is 6.49. The van der Waals surface area contributed by atoms with E-state index in [0.717, 1.165) is 31.8 Å². The van der Waals surface area contributed by atoms with Crippen molar-refractivity contribution in [1.82, 2.24) is 20.2 Å². The van der Waals surface area contributed by atoms with Crippen LogP contribution in [0.1, 0.15) is 19.2 Å². The fraction of sp³-hybridized carbons (Fsp3) is 0.538. The van der Waals surface area contributed by atoms with Gasteiger partial charge in [0, 0.05) is 38.4 Å². The van der Waals surface area contributed by atoms with Gasteiger partial charge in [0.05, 0.1) is 0 Å². The van der Waals surface area contributed by atoms with Gasteiger partial charge in [0.2, 0.25) is 5.91 Å². The van der Waals surface area contributed by atoms with Crippen molar-refractivity contribution in [3.8, 4) is 0 Å². The molecule has 0 unspecified atom stereocenters. The van der Waals surface area contributed by atoms with Gasteiger partial charge in [-0.2, -0.15) is 0 Å². The Balaban J connectivity index is 1.66. The molecular weight excluding hydrogens is 228 g/mol. The molecule has 1 aliphatic heterocycles. The molecule has 0 fully saturated rings. The van der Waals surface area contributed by atoms with Gasteiger partial charge in [0.15, 0.2) is 0 Å². The first-order chi connectivity index (χ1) is 8.81. The zero-order valence-electron chi connectivity index (χ0n) is 10.7. The number of imidazole rings is 1. The monoisotopic (exact) mass is 248 g/mol. The molecule has 1 aromatic heterocycles. The van der Waals surface area contributed by atoms with Crippen LogP contribution in [0.2, 0.25) is 0 Å². The van der Waals surface area contributed by atoms with Gasteiger partial charge in [0.1, 0.15) is 11.9 Å². The molecule has 18 heavy (non-hydrogen) atoms. The van der Waals surface area contributed by atoms with E-state index in [1.807, 2.05) is 24.5 Å². The highest BCUT2D eigenvalue weighted by Gasteiger charge is 2.16. The Morgan fingerprint density at radius 2 is 2.56 bits per heavy atom. The third-order valence-electron chi connectivity index (χ3n) is 3.06. The van der Waals surface area contributed by atoms with Gasteiger partial charge in [-0.1, -0.05) is 19.1 Å². The lowest BCUT2D eigenvalue weighted by Gasteiger charge is -2.11. The van der Waals surface area contributed by atoms with Crippen molar-refractivity contribution in [2.45, 2.75) is 32.4 Å². The second-order valence-corrected chi connectivity index (χ2v) is 4.35. The zero-order valence-corrected chi connectivity index (χ0v) is 10.7. The maximum Gasteiger partial charge on any atom is 0.241 e. The van der Waals surface area contributed by atoms with Crippen LogP contribution in [0.3, 0.4) is 0 Å². The number of nitrogens with zero attached hydrogens (tertiary/aromatic N) is 2. The molecule has 0 aromatic carbocycles. The summed E-state index contributed by atoms with van der Waals surface area (Å²) in [6.45, 7) is 4.48. The zero-order chi connectivity index (χ0) is 12.8. The van der Waals surface area contributed by atoms with Gasteiger partial charge in [-0.25, -0.2) is 4.98 Å². The van der Waals surface area contributed by atoms with E-state index in [1.54, 1.807) is 0 Å². The van der Waals surface area contributed by atoms with Gasteiger partial charge in [-0.15, -0.1) is 0 Å². The number of hydrogen-bond acceptors (Lipinski definition) is 3. The van der Waals surface area contributed by atoms with Crippen molar-refractivity contribution in [1.29, 1.82) is 0 Å². The Morgan fingerprint density at radius 3 is 3.28 bits per heavy atom. The van der Waals surface area contributed by atoms with E-state index in [9.17, 15) is 4.79 Å². The number of nitrogens with one attached hydrogen (secondary N) is 2. The molecule has 2 heterocycles. The van der Waals surface area contributed by atoms with E-state index in [-0.39, 0.29) is 11.9 Å². The second-order valence-electron chi connectivity index (χ2n) is 4.35. The SMILES string of the molecule is CCc1nccn1CCCNC(=O)[C@H]1C=CCN1. The summed E-state index contributed by atoms with van der Waals surface area (Å²) in [5, 5.41) is 6.03. The lowest BCUT2D eigenvalue weighted by molar-refractivity contribution is -0.121. The van der Waals surface area contributed by atoms with Crippen molar-refractivity contribution in [3.63, 3.8) is 0 Å². The topological polar surface area (TPSA) is 59.0 Å². The summed E-state index contributed by atoms with van der Waals surface area (Å²) >= 11 is 0. The molecule has 0 spiro atoms. The third kappa shape index (κ3) is 3.20. The summed E-state index contributed by atoms with van der Waals surface area (Å²) < 4.78 is 2.14. The molecule has 0 bridgehead atoms. The lowest BCUT2D eigenvalue weighted by Crippen LogP contribution is -2.40. The smallest absolute Gasteiger partial charge is 0.241 e. The van der Waals surface area contributed by atoms with Crippen LogP contribution in [0, 0.1) is 0 Å². The van der Waals surface area contributed by atoms with Crippen LogP contribution in [-0.4, -0.2) is 34.6 Å². The van der Waals surface area contributed by atoms with Crippen LogP contribution in [0.15, 0.2) is 24.5 Å². The molecule has 1 aliphatic rings. The number of aryl methyl sites for hydroxylation is 2. The molecule has 5 heteroatoms. The van der Waals surface area contributed by atoms with Crippen molar-refractivity contribution in [2.24, 2.45) is 0 Å². The Hall–Kier alpha value is -1.62. The Labute approximate surface area is 107 Å². The summed E-state index contributed by atoms with van der Waals surface area (Å²) in [5.74, 6) is 1.16. The van der Waals surface area contributed by atoms with Gasteiger partial charge in [-0.05, 0) is 6.42 Å². The Morgan fingerprint density at radius 1 is 1.67 bits per heavy atom. The van der Waals surface area contributed by atoms with Crippen molar-refractivity contribution in [2.75, 3.05) is 13.1 Å². The highest BCUT2D eigenvalue weighted by molar-refractivity contribution is 5.84. The van der Waals surface area contributed by atoms with Crippen LogP contribution < -0.4 is 10.6 Å². The van der Waals surface area contributed by atoms with Crippen molar-refractivity contribution < 1.29 is 4.79 Å². The largest absolute Gasteiger partial charge is 0.354 e. The van der Waals surface area contributed by atoms with Crippen LogP contribution in [-0.2, 0) is 17.8 Å². The predicted molar refractivity (Wildman–Crippen MR) is 70.2 cm³/mol. The van der Waals surface area contributed by atoms with Crippen LogP contribution in [0.5, 0.6) is 0 Å². The molecule has 98 valence electrons. The van der Waals surface area contributed by atoms with E-state index in [0.29, 0.717) is 6.54 Å². The molecule has 2 rings (SSSR count). The summed E-state index contributed by atoms with van der Waals surface area (Å²) in [6.07, 6.45) is 9.55. The minimum Gasteiger partial charge on any atom is -0.354 e. The molecule has 2 N–H and O–H groups in total. The van der Waals surface area contributed by atoms with E-state index in [4.69, 9.17) is 0 Å². The van der Waals surface area contributed by atoms with Crippen LogP contribution >= 0.6 is 0 Å². The van der Waals surface area contributed by atoms with Crippen molar-refractivity contribution in [3.05, 3.63) is 30.4 Å². The Kier molecular flexibility index (Phi) is 4.52. The fourth-order valence-corrected chi connectivity index (χ4v) is 2.08. The average Bonchev–Trinajstić information content (AvgIpc) is 3.04. The number of amides is 1. The molecule has 0 radical (unpaired) electrons. The van der Waals surface area contributed by atoms with Crippen LogP contribution in [0.4, 0.5) is 0 Å². The minimum absolute atomic E-state index is 0.0603. The van der Waals surface area contributed by atoms with Gasteiger partial charge in [0.25, 0.3) is 0 Å². The quantitative estimate of drug-likeness (QED) is 0.568. The van der Waals surface area contributed by atoms with E-state index in [1.165, 1.54) is 0 Å². The highest BCUT2D eigenvalue weighted by atomic mass is 16.2. The maximum atomic E-state index is 11.7. The number of carbonyl (C=O) groups is 1. The molecule has 5 nitrogen and oxygen atoms in total. The number of carbonyl (C=O) groups excluding carboxylic acids is 1. The van der Waals surface area contributed by atoms with Crippen LogP contribution in [0.25, 0.3) is 0 Å². The standard InChI is InChI=1S/C13H20N4O/c1-2-12-15-8-10-17(12)9-4-7-16-13(18)11-5-3-6-14-11/h3,5,8,10-11,14H,2,4,6-7,9H2,1H3,(H,16,18)/t11-/m1/s1. The molecular formula is C13H20N4O. The first kappa shape index (κ1) is 12.8. The normalized spacial score (nSPS) is 18.2. The maximum absolute atomic E-state index is 11.7. The van der Waals surface area contributed by atoms with E-state index < -0.39 is 0 Å². The lowest BCUT2D eigenvalue weighted by atomic mass is 10.3. The van der Waals surface area contributed by atoms with Gasteiger partial charge >= 0.3 is 0 Å².